The van der Waals surface area contributed by atoms with E-state index in [4.69, 9.17) is 4.74 Å². The van der Waals surface area contributed by atoms with Gasteiger partial charge >= 0.3 is 0 Å². The standard InChI is InChI=1S/C22H23FN2O/c23-17-6-7-20-18(13-17)19-14-25(11-8-21(19)24-20)10-2-5-15-3-1-4-16-9-12-26-22(15)16/h1,3-4,6-7,13,24H,2,5,8-12,14H2. The molecule has 2 aromatic carbocycles. The predicted molar refractivity (Wildman–Crippen MR) is 101 cm³/mol. The van der Waals surface area contributed by atoms with Gasteiger partial charge in [0.25, 0.3) is 0 Å². The zero-order valence-corrected chi connectivity index (χ0v) is 14.9. The molecule has 0 radical (unpaired) electrons. The highest BCUT2D eigenvalue weighted by atomic mass is 19.1. The summed E-state index contributed by atoms with van der Waals surface area (Å²) in [6, 6.07) is 11.6. The Labute approximate surface area is 152 Å². The largest absolute Gasteiger partial charge is 0.493 e. The summed E-state index contributed by atoms with van der Waals surface area (Å²) in [6.07, 6.45) is 4.21. The molecule has 2 aliphatic rings. The van der Waals surface area contributed by atoms with Crippen LogP contribution in [-0.2, 0) is 25.8 Å². The van der Waals surface area contributed by atoms with Crippen LogP contribution in [0.25, 0.3) is 10.9 Å². The van der Waals surface area contributed by atoms with Gasteiger partial charge in [-0.05, 0) is 54.3 Å². The molecule has 3 heterocycles. The highest BCUT2D eigenvalue weighted by Gasteiger charge is 2.21. The molecule has 0 atom stereocenters. The molecule has 1 aromatic heterocycles. The van der Waals surface area contributed by atoms with Crippen LogP contribution in [0.15, 0.2) is 36.4 Å². The van der Waals surface area contributed by atoms with Gasteiger partial charge in [-0.3, -0.25) is 4.90 Å². The number of fused-ring (bicyclic) bond motifs is 4. The normalized spacial score (nSPS) is 16.5. The predicted octanol–water partition coefficient (Wildman–Crippen LogP) is 4.23. The molecule has 0 spiro atoms. The van der Waals surface area contributed by atoms with Crippen LogP contribution < -0.4 is 4.74 Å². The van der Waals surface area contributed by atoms with E-state index in [1.165, 1.54) is 28.5 Å². The number of halogens is 1. The molecule has 1 N–H and O–H groups in total. The third kappa shape index (κ3) is 2.78. The first-order chi connectivity index (χ1) is 12.8. The van der Waals surface area contributed by atoms with Gasteiger partial charge in [0.1, 0.15) is 11.6 Å². The fourth-order valence-corrected chi connectivity index (χ4v) is 4.41. The van der Waals surface area contributed by atoms with Gasteiger partial charge < -0.3 is 9.72 Å². The topological polar surface area (TPSA) is 28.3 Å². The van der Waals surface area contributed by atoms with Gasteiger partial charge in [0.05, 0.1) is 6.61 Å². The van der Waals surface area contributed by atoms with E-state index in [1.54, 1.807) is 6.07 Å². The van der Waals surface area contributed by atoms with Gasteiger partial charge in [-0.1, -0.05) is 18.2 Å². The summed E-state index contributed by atoms with van der Waals surface area (Å²) in [4.78, 5) is 5.95. The lowest BCUT2D eigenvalue weighted by molar-refractivity contribution is 0.251. The number of aryl methyl sites for hydroxylation is 1. The molecule has 5 rings (SSSR count). The van der Waals surface area contributed by atoms with E-state index in [0.717, 1.165) is 68.6 Å². The molecule has 0 saturated carbocycles. The quantitative estimate of drug-likeness (QED) is 0.763. The lowest BCUT2D eigenvalue weighted by Crippen LogP contribution is -2.31. The Morgan fingerprint density at radius 1 is 1.15 bits per heavy atom. The van der Waals surface area contributed by atoms with E-state index in [2.05, 4.69) is 28.1 Å². The molecule has 0 unspecified atom stereocenters. The van der Waals surface area contributed by atoms with Crippen molar-refractivity contribution in [3.8, 4) is 5.75 Å². The van der Waals surface area contributed by atoms with Crippen LogP contribution in [0.3, 0.4) is 0 Å². The first-order valence-electron chi connectivity index (χ1n) is 9.53. The molecule has 0 saturated heterocycles. The van der Waals surface area contributed by atoms with Gasteiger partial charge in [0.15, 0.2) is 0 Å². The molecule has 0 fully saturated rings. The van der Waals surface area contributed by atoms with E-state index in [-0.39, 0.29) is 5.82 Å². The minimum Gasteiger partial charge on any atom is -0.493 e. The van der Waals surface area contributed by atoms with E-state index < -0.39 is 0 Å². The Kier molecular flexibility index (Phi) is 3.93. The number of benzene rings is 2. The van der Waals surface area contributed by atoms with Gasteiger partial charge in [-0.25, -0.2) is 4.39 Å². The summed E-state index contributed by atoms with van der Waals surface area (Å²) in [5.74, 6) is 0.967. The highest BCUT2D eigenvalue weighted by molar-refractivity contribution is 5.84. The Hall–Kier alpha value is -2.33. The minimum absolute atomic E-state index is 0.158. The van der Waals surface area contributed by atoms with Crippen LogP contribution in [0.2, 0.25) is 0 Å². The first kappa shape index (κ1) is 15.9. The molecule has 134 valence electrons. The van der Waals surface area contributed by atoms with E-state index in [1.807, 2.05) is 6.07 Å². The van der Waals surface area contributed by atoms with Crippen molar-refractivity contribution in [2.75, 3.05) is 19.7 Å². The van der Waals surface area contributed by atoms with Gasteiger partial charge in [0.2, 0.25) is 0 Å². The number of para-hydroxylation sites is 1. The second-order valence-corrected chi connectivity index (χ2v) is 7.41. The number of hydrogen-bond acceptors (Lipinski definition) is 2. The van der Waals surface area contributed by atoms with Crippen LogP contribution in [0.4, 0.5) is 4.39 Å². The van der Waals surface area contributed by atoms with Crippen molar-refractivity contribution in [2.45, 2.75) is 32.2 Å². The smallest absolute Gasteiger partial charge is 0.125 e. The molecular weight excluding hydrogens is 327 g/mol. The lowest BCUT2D eigenvalue weighted by atomic mass is 10.0. The van der Waals surface area contributed by atoms with Crippen molar-refractivity contribution in [1.29, 1.82) is 0 Å². The third-order valence-corrected chi connectivity index (χ3v) is 5.73. The number of rotatable bonds is 4. The maximum absolute atomic E-state index is 13.6. The zero-order chi connectivity index (χ0) is 17.5. The number of nitrogens with one attached hydrogen (secondary N) is 1. The average Bonchev–Trinajstić information content (AvgIpc) is 3.26. The number of H-pyrrole nitrogens is 1. The summed E-state index contributed by atoms with van der Waals surface area (Å²) < 4.78 is 19.5. The molecule has 26 heavy (non-hydrogen) atoms. The fraction of sp³-hybridized carbons (Fsp3) is 0.364. The second kappa shape index (κ2) is 6.44. The molecule has 0 bridgehead atoms. The Balaban J connectivity index is 1.26. The molecule has 3 nitrogen and oxygen atoms in total. The van der Waals surface area contributed by atoms with Crippen molar-refractivity contribution < 1.29 is 9.13 Å². The highest BCUT2D eigenvalue weighted by Crippen LogP contribution is 2.31. The first-order valence-corrected chi connectivity index (χ1v) is 9.53. The number of aromatic amines is 1. The van der Waals surface area contributed by atoms with Crippen molar-refractivity contribution >= 4 is 10.9 Å². The molecular formula is C22H23FN2O. The van der Waals surface area contributed by atoms with Crippen molar-refractivity contribution in [1.82, 2.24) is 9.88 Å². The Morgan fingerprint density at radius 3 is 3.08 bits per heavy atom. The SMILES string of the molecule is Fc1ccc2[nH]c3c(c2c1)CN(CCCc1cccc2c1OCC2)CC3. The number of hydrogen-bond donors (Lipinski definition) is 1. The van der Waals surface area contributed by atoms with E-state index >= 15 is 0 Å². The maximum Gasteiger partial charge on any atom is 0.125 e. The third-order valence-electron chi connectivity index (χ3n) is 5.73. The summed E-state index contributed by atoms with van der Waals surface area (Å²) >= 11 is 0. The monoisotopic (exact) mass is 350 g/mol. The van der Waals surface area contributed by atoms with Crippen molar-refractivity contribution in [3.63, 3.8) is 0 Å². The zero-order valence-electron chi connectivity index (χ0n) is 14.9. The second-order valence-electron chi connectivity index (χ2n) is 7.41. The molecule has 0 aliphatic carbocycles. The maximum atomic E-state index is 13.6. The van der Waals surface area contributed by atoms with Crippen LogP contribution in [0.5, 0.6) is 5.75 Å². The molecule has 2 aliphatic heterocycles. The summed E-state index contributed by atoms with van der Waals surface area (Å²) in [5, 5.41) is 1.04. The lowest BCUT2D eigenvalue weighted by Gasteiger charge is -2.27. The van der Waals surface area contributed by atoms with Crippen LogP contribution in [-0.4, -0.2) is 29.6 Å². The molecule has 0 amide bonds. The summed E-state index contributed by atoms with van der Waals surface area (Å²) in [6.45, 7) is 3.84. The Morgan fingerprint density at radius 2 is 2.12 bits per heavy atom. The molecule has 4 heteroatoms. The van der Waals surface area contributed by atoms with E-state index in [9.17, 15) is 4.39 Å². The van der Waals surface area contributed by atoms with Gasteiger partial charge in [0, 0.05) is 42.5 Å². The van der Waals surface area contributed by atoms with Gasteiger partial charge in [-0.2, -0.15) is 0 Å². The van der Waals surface area contributed by atoms with Gasteiger partial charge in [-0.15, -0.1) is 0 Å². The Bertz CT molecular complexity index is 962. The summed E-state index contributed by atoms with van der Waals surface area (Å²) in [7, 11) is 0. The number of nitrogens with zero attached hydrogens (tertiary/aromatic N) is 1. The van der Waals surface area contributed by atoms with Crippen molar-refractivity contribution in [3.05, 3.63) is 64.6 Å². The fourth-order valence-electron chi connectivity index (χ4n) is 4.41. The van der Waals surface area contributed by atoms with Crippen molar-refractivity contribution in [2.24, 2.45) is 0 Å². The number of ether oxygens (including phenoxy) is 1. The minimum atomic E-state index is -0.158. The van der Waals surface area contributed by atoms with E-state index in [0.29, 0.717) is 0 Å². The van der Waals surface area contributed by atoms with Crippen LogP contribution in [0, 0.1) is 5.82 Å². The average molecular weight is 350 g/mol. The summed E-state index contributed by atoms with van der Waals surface area (Å²) in [5.41, 5.74) is 6.29. The molecule has 3 aromatic rings. The van der Waals surface area contributed by atoms with Crippen LogP contribution in [0.1, 0.15) is 28.8 Å². The van der Waals surface area contributed by atoms with Crippen LogP contribution >= 0.6 is 0 Å². The number of aromatic nitrogens is 1.